The molecule has 1 saturated carbocycles. The second-order valence-corrected chi connectivity index (χ2v) is 9.52. The molecule has 7 heteroatoms. The van der Waals surface area contributed by atoms with Gasteiger partial charge in [0, 0.05) is 11.7 Å². The molecule has 3 atom stereocenters. The molecule has 1 aromatic carbocycles. The van der Waals surface area contributed by atoms with Gasteiger partial charge in [0.05, 0.1) is 23.3 Å². The fraction of sp³-hybridized carbons (Fsp3) is 0.556. The highest BCUT2D eigenvalue weighted by Gasteiger charge is 2.48. The van der Waals surface area contributed by atoms with Crippen LogP contribution in [0.5, 0.6) is 0 Å². The summed E-state index contributed by atoms with van der Waals surface area (Å²) >= 11 is 0. The van der Waals surface area contributed by atoms with Crippen LogP contribution >= 0.6 is 0 Å². The van der Waals surface area contributed by atoms with E-state index in [1.165, 1.54) is 0 Å². The Labute approximate surface area is 148 Å². The fourth-order valence-corrected chi connectivity index (χ4v) is 5.00. The molecule has 0 radical (unpaired) electrons. The number of carbonyl (C=O) groups is 2. The van der Waals surface area contributed by atoms with Crippen molar-refractivity contribution >= 4 is 27.3 Å². The lowest BCUT2D eigenvalue weighted by Gasteiger charge is -2.14. The van der Waals surface area contributed by atoms with Crippen molar-refractivity contribution in [2.45, 2.75) is 38.6 Å². The van der Waals surface area contributed by atoms with Crippen LogP contribution in [0.3, 0.4) is 0 Å². The molecule has 25 heavy (non-hydrogen) atoms. The van der Waals surface area contributed by atoms with Gasteiger partial charge in [0.2, 0.25) is 11.8 Å². The minimum Gasteiger partial charge on any atom is -0.352 e. The van der Waals surface area contributed by atoms with Crippen molar-refractivity contribution < 1.29 is 18.0 Å². The van der Waals surface area contributed by atoms with Crippen LogP contribution in [0.1, 0.15) is 38.2 Å². The summed E-state index contributed by atoms with van der Waals surface area (Å²) in [6.45, 7) is 4.13. The summed E-state index contributed by atoms with van der Waals surface area (Å²) in [6.07, 6.45) is 0.973. The van der Waals surface area contributed by atoms with Crippen LogP contribution in [0.4, 0.5) is 5.69 Å². The SMILES string of the molecule is CC(C)c1ccccc1NC(=O)C1CC1C(=O)NC1CCS(=O)(=O)C1. The highest BCUT2D eigenvalue weighted by molar-refractivity contribution is 7.91. The highest BCUT2D eigenvalue weighted by atomic mass is 32.2. The van der Waals surface area contributed by atoms with Gasteiger partial charge in [0.15, 0.2) is 9.84 Å². The van der Waals surface area contributed by atoms with Crippen LogP contribution in [-0.2, 0) is 19.4 Å². The number of anilines is 1. The van der Waals surface area contributed by atoms with E-state index in [4.69, 9.17) is 0 Å². The van der Waals surface area contributed by atoms with Gasteiger partial charge in [-0.1, -0.05) is 32.0 Å². The lowest BCUT2D eigenvalue weighted by Crippen LogP contribution is -2.37. The molecule has 2 amide bonds. The van der Waals surface area contributed by atoms with Crippen LogP contribution in [0, 0.1) is 11.8 Å². The highest BCUT2D eigenvalue weighted by Crippen LogP contribution is 2.40. The van der Waals surface area contributed by atoms with Gasteiger partial charge in [-0.15, -0.1) is 0 Å². The smallest absolute Gasteiger partial charge is 0.228 e. The molecular weight excluding hydrogens is 340 g/mol. The molecule has 2 aliphatic rings. The topological polar surface area (TPSA) is 92.3 Å². The minimum atomic E-state index is -3.02. The third-order valence-corrected chi connectivity index (χ3v) is 6.65. The molecule has 2 N–H and O–H groups in total. The Hall–Kier alpha value is -1.89. The average molecular weight is 364 g/mol. The van der Waals surface area contributed by atoms with E-state index >= 15 is 0 Å². The van der Waals surface area contributed by atoms with Gasteiger partial charge in [-0.25, -0.2) is 8.42 Å². The van der Waals surface area contributed by atoms with E-state index in [1.807, 2.05) is 24.3 Å². The predicted molar refractivity (Wildman–Crippen MR) is 96.0 cm³/mol. The second kappa shape index (κ2) is 6.78. The van der Waals surface area contributed by atoms with Gasteiger partial charge in [-0.3, -0.25) is 9.59 Å². The molecule has 136 valence electrons. The lowest BCUT2D eigenvalue weighted by molar-refractivity contribution is -0.125. The fourth-order valence-electron chi connectivity index (χ4n) is 3.33. The molecule has 1 saturated heterocycles. The number of carbonyl (C=O) groups excluding carboxylic acids is 2. The number of amides is 2. The zero-order valence-corrected chi connectivity index (χ0v) is 15.3. The van der Waals surface area contributed by atoms with Crippen LogP contribution < -0.4 is 10.6 Å². The monoisotopic (exact) mass is 364 g/mol. The van der Waals surface area contributed by atoms with Gasteiger partial charge in [0.1, 0.15) is 0 Å². The normalized spacial score (nSPS) is 27.1. The van der Waals surface area contributed by atoms with Crippen molar-refractivity contribution in [3.8, 4) is 0 Å². The number of sulfone groups is 1. The standard InChI is InChI=1S/C18H24N2O4S/c1-11(2)13-5-3-4-6-16(13)20-18(22)15-9-14(15)17(21)19-12-7-8-25(23,24)10-12/h3-6,11-12,14-15H,7-10H2,1-2H3,(H,19,21)(H,20,22). The van der Waals surface area contributed by atoms with E-state index in [0.717, 1.165) is 11.3 Å². The van der Waals surface area contributed by atoms with Gasteiger partial charge in [0.25, 0.3) is 0 Å². The molecule has 0 aromatic heterocycles. The van der Waals surface area contributed by atoms with Crippen molar-refractivity contribution in [1.29, 1.82) is 0 Å². The van der Waals surface area contributed by atoms with E-state index in [-0.39, 0.29) is 41.2 Å². The largest absolute Gasteiger partial charge is 0.352 e. The Morgan fingerprint density at radius 1 is 1.12 bits per heavy atom. The maximum atomic E-state index is 12.4. The van der Waals surface area contributed by atoms with Crippen LogP contribution in [-0.4, -0.2) is 37.8 Å². The Morgan fingerprint density at radius 3 is 2.44 bits per heavy atom. The van der Waals surface area contributed by atoms with Crippen molar-refractivity contribution in [1.82, 2.24) is 5.32 Å². The Balaban J connectivity index is 1.55. The zero-order valence-electron chi connectivity index (χ0n) is 14.5. The molecule has 1 aliphatic carbocycles. The second-order valence-electron chi connectivity index (χ2n) is 7.29. The third-order valence-electron chi connectivity index (χ3n) is 4.88. The van der Waals surface area contributed by atoms with E-state index in [9.17, 15) is 18.0 Å². The van der Waals surface area contributed by atoms with E-state index in [2.05, 4.69) is 24.5 Å². The molecule has 3 rings (SSSR count). The lowest BCUT2D eigenvalue weighted by atomic mass is 10.0. The first-order valence-electron chi connectivity index (χ1n) is 8.67. The molecule has 0 bridgehead atoms. The number of hydrogen-bond acceptors (Lipinski definition) is 4. The molecule has 1 aromatic rings. The molecule has 2 fully saturated rings. The van der Waals surface area contributed by atoms with E-state index in [1.54, 1.807) is 0 Å². The van der Waals surface area contributed by atoms with Gasteiger partial charge < -0.3 is 10.6 Å². The molecule has 3 unspecified atom stereocenters. The van der Waals surface area contributed by atoms with Crippen molar-refractivity contribution in [3.63, 3.8) is 0 Å². The van der Waals surface area contributed by atoms with Crippen molar-refractivity contribution in [3.05, 3.63) is 29.8 Å². The van der Waals surface area contributed by atoms with Gasteiger partial charge in [-0.05, 0) is 30.4 Å². The number of nitrogens with one attached hydrogen (secondary N) is 2. The average Bonchev–Trinajstić information content (AvgIpc) is 3.27. The van der Waals surface area contributed by atoms with Crippen LogP contribution in [0.15, 0.2) is 24.3 Å². The Bertz CT molecular complexity index is 788. The molecule has 6 nitrogen and oxygen atoms in total. The minimum absolute atomic E-state index is 0.00405. The summed E-state index contributed by atoms with van der Waals surface area (Å²) in [5.74, 6) is -0.624. The molecule has 1 heterocycles. The summed E-state index contributed by atoms with van der Waals surface area (Å²) in [6, 6.07) is 7.35. The molecule has 0 spiro atoms. The summed E-state index contributed by atoms with van der Waals surface area (Å²) in [7, 11) is -3.02. The van der Waals surface area contributed by atoms with Gasteiger partial charge >= 0.3 is 0 Å². The van der Waals surface area contributed by atoms with Crippen molar-refractivity contribution in [2.24, 2.45) is 11.8 Å². The number of rotatable bonds is 5. The first-order valence-corrected chi connectivity index (χ1v) is 10.5. The predicted octanol–water partition coefficient (Wildman–Crippen LogP) is 1.69. The summed E-state index contributed by atoms with van der Waals surface area (Å²) in [5.41, 5.74) is 1.85. The number of para-hydroxylation sites is 1. The van der Waals surface area contributed by atoms with E-state index in [0.29, 0.717) is 18.8 Å². The van der Waals surface area contributed by atoms with Crippen LogP contribution in [0.25, 0.3) is 0 Å². The summed E-state index contributed by atoms with van der Waals surface area (Å²) in [5, 5.41) is 5.71. The summed E-state index contributed by atoms with van der Waals surface area (Å²) < 4.78 is 22.9. The Morgan fingerprint density at radius 2 is 1.80 bits per heavy atom. The Kier molecular flexibility index (Phi) is 4.86. The maximum Gasteiger partial charge on any atom is 0.228 e. The zero-order chi connectivity index (χ0) is 18.2. The third kappa shape index (κ3) is 4.21. The maximum absolute atomic E-state index is 12.4. The van der Waals surface area contributed by atoms with Gasteiger partial charge in [-0.2, -0.15) is 0 Å². The van der Waals surface area contributed by atoms with Crippen LogP contribution in [0.2, 0.25) is 0 Å². The summed E-state index contributed by atoms with van der Waals surface area (Å²) in [4.78, 5) is 24.6. The molecular formula is C18H24N2O4S. The number of hydrogen-bond donors (Lipinski definition) is 2. The van der Waals surface area contributed by atoms with E-state index < -0.39 is 9.84 Å². The van der Waals surface area contributed by atoms with Crippen molar-refractivity contribution in [2.75, 3.05) is 16.8 Å². The first-order chi connectivity index (χ1) is 11.8. The first kappa shape index (κ1) is 17.9. The quantitative estimate of drug-likeness (QED) is 0.831. The molecule has 1 aliphatic heterocycles. The number of benzene rings is 1.